The van der Waals surface area contributed by atoms with E-state index in [1.54, 1.807) is 11.3 Å². The molecule has 1 aromatic carbocycles. The van der Waals surface area contributed by atoms with Crippen molar-refractivity contribution < 1.29 is 4.79 Å². The van der Waals surface area contributed by atoms with Gasteiger partial charge in [0.05, 0.1) is 11.4 Å². The molecule has 10 heteroatoms. The van der Waals surface area contributed by atoms with E-state index in [0.29, 0.717) is 10.2 Å². The third-order valence-corrected chi connectivity index (χ3v) is 7.90. The largest absolute Gasteiger partial charge is 0.301 e. The highest BCUT2D eigenvalue weighted by Gasteiger charge is 2.20. The standard InChI is InChI=1S/C22H22ClN5OS3/c1-12(2)28-20(17-9-30-14(4)13(17)3)26-27-22(28)32-11-19(29)25-21-24-18(10-31-21)15-5-7-16(23)8-6-15/h5-10,12H,11H2,1-4H3,(H,24,25,29). The molecule has 6 nitrogen and oxygen atoms in total. The number of anilines is 1. The lowest BCUT2D eigenvalue weighted by Gasteiger charge is -2.13. The van der Waals surface area contributed by atoms with E-state index in [-0.39, 0.29) is 17.7 Å². The number of aromatic nitrogens is 4. The SMILES string of the molecule is Cc1scc(-c2nnc(SCC(=O)Nc3nc(-c4ccc(Cl)cc4)cs3)n2C(C)C)c1C. The van der Waals surface area contributed by atoms with Gasteiger partial charge in [0.2, 0.25) is 5.91 Å². The van der Waals surface area contributed by atoms with Gasteiger partial charge in [0, 0.05) is 37.8 Å². The molecule has 0 aliphatic rings. The van der Waals surface area contributed by atoms with E-state index < -0.39 is 0 Å². The van der Waals surface area contributed by atoms with Crippen LogP contribution < -0.4 is 5.32 Å². The zero-order chi connectivity index (χ0) is 22.8. The zero-order valence-corrected chi connectivity index (χ0v) is 21.3. The summed E-state index contributed by atoms with van der Waals surface area (Å²) in [5, 5.41) is 17.7. The van der Waals surface area contributed by atoms with Crippen LogP contribution in [0.1, 0.15) is 30.3 Å². The second kappa shape index (κ2) is 9.74. The predicted molar refractivity (Wildman–Crippen MR) is 135 cm³/mol. The smallest absolute Gasteiger partial charge is 0.236 e. The van der Waals surface area contributed by atoms with Gasteiger partial charge in [-0.05, 0) is 45.4 Å². The van der Waals surface area contributed by atoms with E-state index in [0.717, 1.165) is 27.8 Å². The van der Waals surface area contributed by atoms with Crippen molar-refractivity contribution in [2.75, 3.05) is 11.1 Å². The van der Waals surface area contributed by atoms with Crippen molar-refractivity contribution in [3.63, 3.8) is 0 Å². The van der Waals surface area contributed by atoms with Crippen LogP contribution in [0.15, 0.2) is 40.2 Å². The van der Waals surface area contributed by atoms with Gasteiger partial charge >= 0.3 is 0 Å². The van der Waals surface area contributed by atoms with Gasteiger partial charge in [0.1, 0.15) is 0 Å². The Kier molecular flexibility index (Phi) is 6.99. The lowest BCUT2D eigenvalue weighted by atomic mass is 10.1. The maximum absolute atomic E-state index is 12.6. The summed E-state index contributed by atoms with van der Waals surface area (Å²) >= 11 is 10.4. The van der Waals surface area contributed by atoms with E-state index in [2.05, 4.69) is 58.1 Å². The van der Waals surface area contributed by atoms with Crippen molar-refractivity contribution in [3.8, 4) is 22.6 Å². The van der Waals surface area contributed by atoms with E-state index in [4.69, 9.17) is 11.6 Å². The topological polar surface area (TPSA) is 72.7 Å². The molecule has 0 saturated heterocycles. The number of carbonyl (C=O) groups is 1. The van der Waals surface area contributed by atoms with Gasteiger partial charge in [-0.25, -0.2) is 4.98 Å². The van der Waals surface area contributed by atoms with E-state index in [1.165, 1.54) is 33.5 Å². The molecule has 1 amide bonds. The zero-order valence-electron chi connectivity index (χ0n) is 18.0. The maximum Gasteiger partial charge on any atom is 0.236 e. The summed E-state index contributed by atoms with van der Waals surface area (Å²) in [6, 6.07) is 7.63. The van der Waals surface area contributed by atoms with Crippen LogP contribution in [0.25, 0.3) is 22.6 Å². The van der Waals surface area contributed by atoms with Crippen molar-refractivity contribution in [3.05, 3.63) is 50.5 Å². The van der Waals surface area contributed by atoms with E-state index >= 15 is 0 Å². The summed E-state index contributed by atoms with van der Waals surface area (Å²) in [7, 11) is 0. The summed E-state index contributed by atoms with van der Waals surface area (Å²) in [6.07, 6.45) is 0. The van der Waals surface area contributed by atoms with Crippen LogP contribution in [-0.4, -0.2) is 31.4 Å². The van der Waals surface area contributed by atoms with Gasteiger partial charge < -0.3 is 5.32 Å². The Labute approximate surface area is 204 Å². The maximum atomic E-state index is 12.6. The van der Waals surface area contributed by atoms with Crippen molar-refractivity contribution in [1.29, 1.82) is 0 Å². The van der Waals surface area contributed by atoms with Crippen LogP contribution in [-0.2, 0) is 4.79 Å². The summed E-state index contributed by atoms with van der Waals surface area (Å²) in [6.45, 7) is 8.41. The Morgan fingerprint density at radius 1 is 1.16 bits per heavy atom. The monoisotopic (exact) mass is 503 g/mol. The van der Waals surface area contributed by atoms with Crippen LogP contribution in [0.5, 0.6) is 0 Å². The van der Waals surface area contributed by atoms with Crippen molar-refractivity contribution in [1.82, 2.24) is 19.7 Å². The van der Waals surface area contributed by atoms with Gasteiger partial charge in [-0.15, -0.1) is 32.9 Å². The molecule has 3 heterocycles. The highest BCUT2D eigenvalue weighted by atomic mass is 35.5. The van der Waals surface area contributed by atoms with Crippen molar-refractivity contribution in [2.24, 2.45) is 0 Å². The molecule has 0 spiro atoms. The second-order valence-corrected chi connectivity index (χ2v) is 10.8. The lowest BCUT2D eigenvalue weighted by Crippen LogP contribution is -2.15. The summed E-state index contributed by atoms with van der Waals surface area (Å²) in [5.74, 6) is 0.939. The Morgan fingerprint density at radius 3 is 2.56 bits per heavy atom. The Balaban J connectivity index is 1.43. The molecular formula is C22H22ClN5OS3. The first-order chi connectivity index (χ1) is 15.3. The fourth-order valence-electron chi connectivity index (χ4n) is 3.13. The first-order valence-electron chi connectivity index (χ1n) is 9.97. The van der Waals surface area contributed by atoms with Gasteiger partial charge in [0.25, 0.3) is 0 Å². The minimum Gasteiger partial charge on any atom is -0.301 e. The average molecular weight is 504 g/mol. The number of nitrogens with zero attached hydrogens (tertiary/aromatic N) is 4. The number of benzene rings is 1. The first kappa shape index (κ1) is 23.0. The number of amides is 1. The minimum atomic E-state index is -0.130. The molecular weight excluding hydrogens is 482 g/mol. The van der Waals surface area contributed by atoms with E-state index in [1.807, 2.05) is 29.6 Å². The van der Waals surface area contributed by atoms with Gasteiger partial charge in [-0.2, -0.15) is 0 Å². The molecule has 0 bridgehead atoms. The van der Waals surface area contributed by atoms with Crippen molar-refractivity contribution >= 4 is 57.1 Å². The summed E-state index contributed by atoms with van der Waals surface area (Å²) in [4.78, 5) is 18.3. The molecule has 0 aliphatic carbocycles. The van der Waals surface area contributed by atoms with Crippen LogP contribution in [0, 0.1) is 13.8 Å². The number of nitrogens with one attached hydrogen (secondary N) is 1. The molecule has 3 aromatic heterocycles. The van der Waals surface area contributed by atoms with E-state index in [9.17, 15) is 4.79 Å². The number of thiazole rings is 1. The normalized spacial score (nSPS) is 11.3. The molecule has 0 fully saturated rings. The molecule has 4 rings (SSSR count). The lowest BCUT2D eigenvalue weighted by molar-refractivity contribution is -0.113. The van der Waals surface area contributed by atoms with Crippen LogP contribution >= 0.6 is 46.0 Å². The molecule has 0 atom stereocenters. The number of carbonyl (C=O) groups excluding carboxylic acids is 1. The van der Waals surface area contributed by atoms with Crippen LogP contribution in [0.4, 0.5) is 5.13 Å². The molecule has 0 unspecified atom stereocenters. The number of thioether (sulfide) groups is 1. The Morgan fingerprint density at radius 2 is 1.91 bits per heavy atom. The van der Waals surface area contributed by atoms with Crippen molar-refractivity contribution in [2.45, 2.75) is 38.9 Å². The minimum absolute atomic E-state index is 0.130. The molecule has 32 heavy (non-hydrogen) atoms. The molecule has 0 aliphatic heterocycles. The second-order valence-electron chi connectivity index (χ2n) is 7.48. The quantitative estimate of drug-likeness (QED) is 0.284. The third kappa shape index (κ3) is 4.91. The fraction of sp³-hybridized carbons (Fsp3) is 0.273. The molecule has 0 saturated carbocycles. The average Bonchev–Trinajstić information content (AvgIpc) is 3.47. The number of thiophene rings is 1. The highest BCUT2D eigenvalue weighted by Crippen LogP contribution is 2.33. The molecule has 4 aromatic rings. The van der Waals surface area contributed by atoms with Crippen LogP contribution in [0.3, 0.4) is 0 Å². The Hall–Kier alpha value is -2.20. The predicted octanol–water partition coefficient (Wildman–Crippen LogP) is 6.71. The van der Waals surface area contributed by atoms with Gasteiger partial charge in [-0.3, -0.25) is 9.36 Å². The molecule has 166 valence electrons. The van der Waals surface area contributed by atoms with Gasteiger partial charge in [-0.1, -0.05) is 35.5 Å². The third-order valence-electron chi connectivity index (χ3n) is 4.93. The summed E-state index contributed by atoms with van der Waals surface area (Å²) < 4.78 is 2.09. The van der Waals surface area contributed by atoms with Crippen LogP contribution in [0.2, 0.25) is 5.02 Å². The number of hydrogen-bond donors (Lipinski definition) is 1. The first-order valence-corrected chi connectivity index (χ1v) is 13.1. The highest BCUT2D eigenvalue weighted by molar-refractivity contribution is 7.99. The number of aryl methyl sites for hydroxylation is 1. The Bertz CT molecular complexity index is 1240. The number of hydrogen-bond acceptors (Lipinski definition) is 7. The number of rotatable bonds is 7. The van der Waals surface area contributed by atoms with Gasteiger partial charge in [0.15, 0.2) is 16.1 Å². The molecule has 1 N–H and O–H groups in total. The summed E-state index contributed by atoms with van der Waals surface area (Å²) in [5.41, 5.74) is 4.08. The fourth-order valence-corrected chi connectivity index (χ4v) is 5.72. The number of halogens is 1. The molecule has 0 radical (unpaired) electrons.